The summed E-state index contributed by atoms with van der Waals surface area (Å²) in [5.74, 6) is -0.563. The monoisotopic (exact) mass is 328 g/mol. The average Bonchev–Trinajstić information content (AvgIpc) is 3.06. The molecule has 6 heteroatoms. The Morgan fingerprint density at radius 1 is 1.13 bits per heavy atom. The van der Waals surface area contributed by atoms with Crippen molar-refractivity contribution in [3.8, 4) is 0 Å². The first-order valence-electron chi connectivity index (χ1n) is 7.28. The Kier molecular flexibility index (Phi) is 4.00. The summed E-state index contributed by atoms with van der Waals surface area (Å²) in [6.07, 6.45) is 0. The summed E-state index contributed by atoms with van der Waals surface area (Å²) in [6, 6.07) is 11.5. The molecule has 0 bridgehead atoms. The highest BCUT2D eigenvalue weighted by molar-refractivity contribution is 7.14. The summed E-state index contributed by atoms with van der Waals surface area (Å²) < 4.78 is 0. The van der Waals surface area contributed by atoms with Crippen LogP contribution in [-0.2, 0) is 4.79 Å². The summed E-state index contributed by atoms with van der Waals surface area (Å²) in [7, 11) is 0. The van der Waals surface area contributed by atoms with Gasteiger partial charge in [0.25, 0.3) is 5.91 Å². The van der Waals surface area contributed by atoms with Gasteiger partial charge in [-0.2, -0.15) is 0 Å². The van der Waals surface area contributed by atoms with Gasteiger partial charge in [0, 0.05) is 10.6 Å². The zero-order chi connectivity index (χ0) is 16.6. The van der Waals surface area contributed by atoms with Gasteiger partial charge in [0.15, 0.2) is 5.78 Å². The maximum absolute atomic E-state index is 12.6. The second-order valence-corrected chi connectivity index (χ2v) is 6.71. The summed E-state index contributed by atoms with van der Waals surface area (Å²) in [4.78, 5) is 41.3. The Bertz CT molecular complexity index is 769. The molecule has 1 aliphatic rings. The van der Waals surface area contributed by atoms with Crippen LogP contribution in [0.2, 0.25) is 0 Å². The summed E-state index contributed by atoms with van der Waals surface area (Å²) in [6.45, 7) is 3.37. The van der Waals surface area contributed by atoms with E-state index in [-0.39, 0.29) is 18.2 Å². The van der Waals surface area contributed by atoms with Crippen LogP contribution in [0.1, 0.15) is 21.5 Å². The van der Waals surface area contributed by atoms with Crippen molar-refractivity contribution in [2.75, 3.05) is 11.4 Å². The number of rotatable bonds is 4. The molecule has 2 heterocycles. The van der Waals surface area contributed by atoms with Crippen molar-refractivity contribution in [3.05, 3.63) is 52.2 Å². The molecule has 23 heavy (non-hydrogen) atoms. The van der Waals surface area contributed by atoms with Gasteiger partial charge in [-0.15, -0.1) is 11.3 Å². The number of benzene rings is 1. The smallest absolute Gasteiger partial charge is 0.291 e. The molecule has 2 aromatic rings. The van der Waals surface area contributed by atoms with Crippen molar-refractivity contribution in [2.45, 2.75) is 19.9 Å². The van der Waals surface area contributed by atoms with Gasteiger partial charge in [-0.25, -0.2) is 4.79 Å². The molecule has 1 aromatic heterocycles. The van der Waals surface area contributed by atoms with Crippen molar-refractivity contribution < 1.29 is 14.4 Å². The minimum absolute atomic E-state index is 0.216. The fourth-order valence-electron chi connectivity index (χ4n) is 2.60. The highest BCUT2D eigenvalue weighted by atomic mass is 32.1. The second kappa shape index (κ2) is 5.96. The van der Waals surface area contributed by atoms with Gasteiger partial charge in [0.1, 0.15) is 6.04 Å². The number of aryl methyl sites for hydroxylation is 1. The molecule has 0 saturated carbocycles. The van der Waals surface area contributed by atoms with E-state index in [0.717, 1.165) is 9.78 Å². The Labute approximate surface area is 138 Å². The molecule has 3 amide bonds. The van der Waals surface area contributed by atoms with Crippen LogP contribution in [-0.4, -0.2) is 35.2 Å². The number of hydrogen-bond acceptors (Lipinski definition) is 4. The van der Waals surface area contributed by atoms with Crippen molar-refractivity contribution in [1.82, 2.24) is 4.90 Å². The fraction of sp³-hybridized carbons (Fsp3) is 0.235. The third-order valence-corrected chi connectivity index (χ3v) is 4.84. The first-order chi connectivity index (χ1) is 11.0. The molecule has 0 spiro atoms. The number of anilines is 1. The van der Waals surface area contributed by atoms with Crippen LogP contribution in [0, 0.1) is 6.92 Å². The number of para-hydroxylation sites is 1. The molecule has 0 unspecified atom stereocenters. The number of carbonyl (C=O) groups excluding carboxylic acids is 3. The van der Waals surface area contributed by atoms with Crippen LogP contribution in [0.4, 0.5) is 10.5 Å². The average molecular weight is 328 g/mol. The van der Waals surface area contributed by atoms with Gasteiger partial charge < -0.3 is 0 Å². The van der Waals surface area contributed by atoms with Crippen LogP contribution in [0.15, 0.2) is 42.5 Å². The number of carbonyl (C=O) groups is 3. The normalized spacial score (nSPS) is 17.9. The van der Waals surface area contributed by atoms with E-state index in [9.17, 15) is 14.4 Å². The van der Waals surface area contributed by atoms with E-state index in [0.29, 0.717) is 10.6 Å². The number of ketones is 1. The predicted molar refractivity (Wildman–Crippen MR) is 88.9 cm³/mol. The topological polar surface area (TPSA) is 57.7 Å². The van der Waals surface area contributed by atoms with Gasteiger partial charge in [-0.05, 0) is 38.1 Å². The molecule has 1 aromatic carbocycles. The molecule has 1 fully saturated rings. The number of Topliss-reactive ketones (excluding diaryl/α,β-unsaturated/α-hetero) is 1. The lowest BCUT2D eigenvalue weighted by molar-refractivity contribution is -0.126. The Balaban J connectivity index is 1.82. The summed E-state index contributed by atoms with van der Waals surface area (Å²) in [5.41, 5.74) is 0.653. The lowest BCUT2D eigenvalue weighted by Gasteiger charge is -2.19. The predicted octanol–water partition coefficient (Wildman–Crippen LogP) is 3.10. The van der Waals surface area contributed by atoms with E-state index < -0.39 is 12.1 Å². The van der Waals surface area contributed by atoms with Crippen molar-refractivity contribution in [1.29, 1.82) is 0 Å². The molecule has 1 saturated heterocycles. The van der Waals surface area contributed by atoms with Crippen molar-refractivity contribution in [2.24, 2.45) is 0 Å². The Morgan fingerprint density at radius 2 is 1.83 bits per heavy atom. The second-order valence-electron chi connectivity index (χ2n) is 5.42. The van der Waals surface area contributed by atoms with E-state index in [4.69, 9.17) is 0 Å². The van der Waals surface area contributed by atoms with Gasteiger partial charge in [0.2, 0.25) is 0 Å². The van der Waals surface area contributed by atoms with Crippen LogP contribution < -0.4 is 4.90 Å². The molecule has 0 radical (unpaired) electrons. The highest BCUT2D eigenvalue weighted by Gasteiger charge is 2.44. The molecule has 118 valence electrons. The SMILES string of the molecule is Cc1ccc(C(=O)CN2C(=O)[C@@H](C)N(c3ccccc3)C2=O)s1. The maximum atomic E-state index is 12.6. The van der Waals surface area contributed by atoms with Crippen LogP contribution in [0.25, 0.3) is 0 Å². The Morgan fingerprint density at radius 3 is 2.43 bits per heavy atom. The Hall–Kier alpha value is -2.47. The summed E-state index contributed by atoms with van der Waals surface area (Å²) in [5, 5.41) is 0. The summed E-state index contributed by atoms with van der Waals surface area (Å²) >= 11 is 1.37. The van der Waals surface area contributed by atoms with E-state index in [2.05, 4.69) is 0 Å². The third-order valence-electron chi connectivity index (χ3n) is 3.80. The zero-order valence-corrected chi connectivity index (χ0v) is 13.7. The number of imide groups is 1. The molecule has 3 rings (SSSR count). The number of amides is 3. The van der Waals surface area contributed by atoms with E-state index in [1.165, 1.54) is 16.2 Å². The van der Waals surface area contributed by atoms with Gasteiger partial charge in [-0.1, -0.05) is 18.2 Å². The molecule has 1 atom stereocenters. The molecular formula is C17H16N2O3S. The standard InChI is InChI=1S/C17H16N2O3S/c1-11-8-9-15(23-11)14(20)10-18-16(21)12(2)19(17(18)22)13-6-4-3-5-7-13/h3-9,12H,10H2,1-2H3/t12-/m1/s1. The number of hydrogen-bond donors (Lipinski definition) is 0. The lowest BCUT2D eigenvalue weighted by Crippen LogP contribution is -2.36. The molecule has 0 N–H and O–H groups in total. The van der Waals surface area contributed by atoms with Gasteiger partial charge in [0.05, 0.1) is 11.4 Å². The minimum Gasteiger partial charge on any atom is -0.291 e. The largest absolute Gasteiger partial charge is 0.332 e. The van der Waals surface area contributed by atoms with E-state index in [1.54, 1.807) is 25.1 Å². The van der Waals surface area contributed by atoms with Gasteiger partial charge >= 0.3 is 6.03 Å². The van der Waals surface area contributed by atoms with Crippen molar-refractivity contribution in [3.63, 3.8) is 0 Å². The maximum Gasteiger partial charge on any atom is 0.332 e. The first-order valence-corrected chi connectivity index (χ1v) is 8.10. The van der Waals surface area contributed by atoms with Crippen molar-refractivity contribution >= 4 is 34.7 Å². The number of thiophene rings is 1. The van der Waals surface area contributed by atoms with E-state index >= 15 is 0 Å². The van der Waals surface area contributed by atoms with Crippen LogP contribution in [0.3, 0.4) is 0 Å². The van der Waals surface area contributed by atoms with Crippen LogP contribution in [0.5, 0.6) is 0 Å². The first kappa shape index (κ1) is 15.4. The molecule has 0 aliphatic carbocycles. The van der Waals surface area contributed by atoms with Gasteiger partial charge in [-0.3, -0.25) is 19.4 Å². The quantitative estimate of drug-likeness (QED) is 0.640. The van der Waals surface area contributed by atoms with E-state index in [1.807, 2.05) is 31.2 Å². The fourth-order valence-corrected chi connectivity index (χ4v) is 3.40. The zero-order valence-electron chi connectivity index (χ0n) is 12.9. The molecular weight excluding hydrogens is 312 g/mol. The minimum atomic E-state index is -0.609. The number of urea groups is 1. The number of nitrogens with zero attached hydrogens (tertiary/aromatic N) is 2. The highest BCUT2D eigenvalue weighted by Crippen LogP contribution is 2.26. The lowest BCUT2D eigenvalue weighted by atomic mass is 10.2. The molecule has 1 aliphatic heterocycles. The van der Waals surface area contributed by atoms with Crippen LogP contribution >= 0.6 is 11.3 Å². The third kappa shape index (κ3) is 2.77. The molecule has 5 nitrogen and oxygen atoms in total.